The van der Waals surface area contributed by atoms with Crippen molar-refractivity contribution in [2.24, 2.45) is 0 Å². The van der Waals surface area contributed by atoms with Gasteiger partial charge in [0, 0.05) is 16.3 Å². The van der Waals surface area contributed by atoms with E-state index in [1.807, 2.05) is 24.3 Å². The molecule has 1 N–H and O–H groups in total. The molecule has 2 aromatic carbocycles. The monoisotopic (exact) mass is 313 g/mol. The Balaban J connectivity index is 1.75. The van der Waals surface area contributed by atoms with Gasteiger partial charge < -0.3 is 9.73 Å². The molecule has 1 heterocycles. The van der Waals surface area contributed by atoms with Crippen LogP contribution in [0.3, 0.4) is 0 Å². The molecule has 0 atom stereocenters. The highest BCUT2D eigenvalue weighted by Crippen LogP contribution is 2.23. The summed E-state index contributed by atoms with van der Waals surface area (Å²) in [5, 5.41) is 12.1. The van der Waals surface area contributed by atoms with E-state index in [1.165, 1.54) is 11.1 Å². The standard InChI is InChI=1S/C17H16ClN3O/c1-11-5-3-6-12(2)16(11)19-10-15-20-21-17(22-15)13-7-4-8-14(18)9-13/h3-9,19H,10H2,1-2H3. The van der Waals surface area contributed by atoms with Crippen LogP contribution in [0.4, 0.5) is 5.69 Å². The van der Waals surface area contributed by atoms with Crippen molar-refractivity contribution < 1.29 is 4.42 Å². The Morgan fingerprint density at radius 3 is 2.50 bits per heavy atom. The van der Waals surface area contributed by atoms with E-state index in [0.717, 1.165) is 11.3 Å². The summed E-state index contributed by atoms with van der Waals surface area (Å²) >= 11 is 5.98. The van der Waals surface area contributed by atoms with Crippen LogP contribution in [0, 0.1) is 13.8 Å². The van der Waals surface area contributed by atoms with Crippen molar-refractivity contribution in [1.29, 1.82) is 0 Å². The molecule has 3 rings (SSSR count). The Morgan fingerprint density at radius 2 is 1.77 bits per heavy atom. The number of anilines is 1. The number of aromatic nitrogens is 2. The molecule has 0 bridgehead atoms. The highest BCUT2D eigenvalue weighted by Gasteiger charge is 2.09. The van der Waals surface area contributed by atoms with Gasteiger partial charge in [-0.25, -0.2) is 0 Å². The van der Waals surface area contributed by atoms with Crippen LogP contribution in [0.5, 0.6) is 0 Å². The fourth-order valence-electron chi connectivity index (χ4n) is 2.32. The molecule has 0 saturated heterocycles. The van der Waals surface area contributed by atoms with Crippen LogP contribution in [0.2, 0.25) is 5.02 Å². The second-order valence-corrected chi connectivity index (χ2v) is 5.57. The van der Waals surface area contributed by atoms with Gasteiger partial charge in [-0.05, 0) is 43.2 Å². The molecule has 3 aromatic rings. The van der Waals surface area contributed by atoms with Gasteiger partial charge in [0.15, 0.2) is 0 Å². The average Bonchev–Trinajstić information content (AvgIpc) is 2.96. The summed E-state index contributed by atoms with van der Waals surface area (Å²) in [6, 6.07) is 13.5. The van der Waals surface area contributed by atoms with E-state index in [4.69, 9.17) is 16.0 Å². The number of hydrogen-bond donors (Lipinski definition) is 1. The van der Waals surface area contributed by atoms with Crippen LogP contribution >= 0.6 is 11.6 Å². The van der Waals surface area contributed by atoms with Gasteiger partial charge in [-0.1, -0.05) is 35.9 Å². The number of nitrogens with one attached hydrogen (secondary N) is 1. The fourth-order valence-corrected chi connectivity index (χ4v) is 2.51. The molecule has 0 radical (unpaired) electrons. The van der Waals surface area contributed by atoms with Gasteiger partial charge in [0.25, 0.3) is 0 Å². The minimum Gasteiger partial charge on any atom is -0.419 e. The molecule has 0 aliphatic rings. The van der Waals surface area contributed by atoms with Gasteiger partial charge in [0.2, 0.25) is 11.8 Å². The molecule has 0 amide bonds. The van der Waals surface area contributed by atoms with E-state index in [2.05, 4.69) is 41.5 Å². The van der Waals surface area contributed by atoms with Crippen molar-refractivity contribution in [3.63, 3.8) is 0 Å². The normalized spacial score (nSPS) is 10.7. The topological polar surface area (TPSA) is 51.0 Å². The quantitative estimate of drug-likeness (QED) is 0.763. The first-order valence-electron chi connectivity index (χ1n) is 7.02. The van der Waals surface area contributed by atoms with Crippen molar-refractivity contribution in [3.05, 3.63) is 64.5 Å². The smallest absolute Gasteiger partial charge is 0.247 e. The number of hydrogen-bond acceptors (Lipinski definition) is 4. The number of para-hydroxylation sites is 1. The minimum absolute atomic E-state index is 0.473. The molecule has 112 valence electrons. The third-order valence-electron chi connectivity index (χ3n) is 3.44. The van der Waals surface area contributed by atoms with E-state index in [9.17, 15) is 0 Å². The van der Waals surface area contributed by atoms with Crippen molar-refractivity contribution >= 4 is 17.3 Å². The molecular weight excluding hydrogens is 298 g/mol. The van der Waals surface area contributed by atoms with Gasteiger partial charge in [-0.15, -0.1) is 10.2 Å². The molecule has 22 heavy (non-hydrogen) atoms. The zero-order valence-electron chi connectivity index (χ0n) is 12.4. The van der Waals surface area contributed by atoms with Crippen LogP contribution in [0.15, 0.2) is 46.9 Å². The maximum Gasteiger partial charge on any atom is 0.247 e. The Labute approximate surface area is 134 Å². The zero-order chi connectivity index (χ0) is 15.5. The number of rotatable bonds is 4. The number of halogens is 1. The third kappa shape index (κ3) is 3.12. The molecule has 0 spiro atoms. The highest BCUT2D eigenvalue weighted by atomic mass is 35.5. The maximum atomic E-state index is 5.98. The van der Waals surface area contributed by atoms with Crippen molar-refractivity contribution in [1.82, 2.24) is 10.2 Å². The Hall–Kier alpha value is -2.33. The maximum absolute atomic E-state index is 5.98. The SMILES string of the molecule is Cc1cccc(C)c1NCc1nnc(-c2cccc(Cl)c2)o1. The van der Waals surface area contributed by atoms with Crippen molar-refractivity contribution in [2.45, 2.75) is 20.4 Å². The fraction of sp³-hybridized carbons (Fsp3) is 0.176. The first-order valence-corrected chi connectivity index (χ1v) is 7.39. The summed E-state index contributed by atoms with van der Waals surface area (Å²) in [5.74, 6) is 1.01. The molecular formula is C17H16ClN3O. The highest BCUT2D eigenvalue weighted by molar-refractivity contribution is 6.30. The molecule has 0 saturated carbocycles. The minimum atomic E-state index is 0.473. The molecule has 5 heteroatoms. The lowest BCUT2D eigenvalue weighted by molar-refractivity contribution is 0.515. The van der Waals surface area contributed by atoms with E-state index in [0.29, 0.717) is 23.3 Å². The molecule has 0 aliphatic carbocycles. The van der Waals surface area contributed by atoms with E-state index in [-0.39, 0.29) is 0 Å². The predicted molar refractivity (Wildman–Crippen MR) is 88.0 cm³/mol. The molecule has 1 aromatic heterocycles. The Morgan fingerprint density at radius 1 is 1.05 bits per heavy atom. The van der Waals surface area contributed by atoms with E-state index < -0.39 is 0 Å². The lowest BCUT2D eigenvalue weighted by atomic mass is 10.1. The van der Waals surface area contributed by atoms with Gasteiger partial charge in [-0.2, -0.15) is 0 Å². The van der Waals surface area contributed by atoms with Crippen LogP contribution in [-0.2, 0) is 6.54 Å². The molecule has 0 fully saturated rings. The summed E-state index contributed by atoms with van der Waals surface area (Å²) in [6.07, 6.45) is 0. The summed E-state index contributed by atoms with van der Waals surface area (Å²) in [4.78, 5) is 0. The molecule has 0 aliphatic heterocycles. The Bertz CT molecular complexity index is 778. The van der Waals surface area contributed by atoms with Crippen molar-refractivity contribution in [3.8, 4) is 11.5 Å². The lowest BCUT2D eigenvalue weighted by Crippen LogP contribution is -2.03. The number of nitrogens with zero attached hydrogens (tertiary/aromatic N) is 2. The second kappa shape index (κ2) is 6.20. The van der Waals surface area contributed by atoms with Crippen LogP contribution in [0.25, 0.3) is 11.5 Å². The largest absolute Gasteiger partial charge is 0.419 e. The van der Waals surface area contributed by atoms with Gasteiger partial charge in [0.05, 0.1) is 6.54 Å². The number of benzene rings is 2. The summed E-state index contributed by atoms with van der Waals surface area (Å²) in [5.41, 5.74) is 4.30. The van der Waals surface area contributed by atoms with Crippen molar-refractivity contribution in [2.75, 3.05) is 5.32 Å². The third-order valence-corrected chi connectivity index (χ3v) is 3.67. The summed E-state index contributed by atoms with van der Waals surface area (Å²) < 4.78 is 5.68. The van der Waals surface area contributed by atoms with Crippen LogP contribution in [-0.4, -0.2) is 10.2 Å². The van der Waals surface area contributed by atoms with Gasteiger partial charge >= 0.3 is 0 Å². The Kier molecular flexibility index (Phi) is 4.11. The lowest BCUT2D eigenvalue weighted by Gasteiger charge is -2.10. The van der Waals surface area contributed by atoms with Crippen LogP contribution < -0.4 is 5.32 Å². The predicted octanol–water partition coefficient (Wildman–Crippen LogP) is 4.62. The number of aryl methyl sites for hydroxylation is 2. The first-order chi connectivity index (χ1) is 10.6. The zero-order valence-corrected chi connectivity index (χ0v) is 13.2. The average molecular weight is 314 g/mol. The molecule has 4 nitrogen and oxygen atoms in total. The molecule has 0 unspecified atom stereocenters. The van der Waals surface area contributed by atoms with Crippen LogP contribution in [0.1, 0.15) is 17.0 Å². The summed E-state index contributed by atoms with van der Waals surface area (Å²) in [6.45, 7) is 4.63. The van der Waals surface area contributed by atoms with E-state index in [1.54, 1.807) is 6.07 Å². The van der Waals surface area contributed by atoms with Gasteiger partial charge in [0.1, 0.15) is 0 Å². The first kappa shape index (κ1) is 14.6. The second-order valence-electron chi connectivity index (χ2n) is 5.13. The van der Waals surface area contributed by atoms with Gasteiger partial charge in [-0.3, -0.25) is 0 Å². The summed E-state index contributed by atoms with van der Waals surface area (Å²) in [7, 11) is 0. The van der Waals surface area contributed by atoms with E-state index >= 15 is 0 Å².